The molecule has 0 atom stereocenters. The lowest BCUT2D eigenvalue weighted by atomic mass is 9.99. The fourth-order valence-corrected chi connectivity index (χ4v) is 2.83. The zero-order chi connectivity index (χ0) is 14.2. The zero-order valence-electron chi connectivity index (χ0n) is 10.6. The number of anilines is 1. The van der Waals surface area contributed by atoms with Crippen LogP contribution in [0.5, 0.6) is 0 Å². The Bertz CT molecular complexity index is 665. The first-order valence-corrected chi connectivity index (χ1v) is 7.36. The summed E-state index contributed by atoms with van der Waals surface area (Å²) in [6, 6.07) is 9.24. The molecular formula is C15H13Br2NO. The number of aryl methyl sites for hydroxylation is 2. The quantitative estimate of drug-likeness (QED) is 0.607. The Morgan fingerprint density at radius 2 is 1.68 bits per heavy atom. The van der Waals surface area contributed by atoms with Crippen LogP contribution in [0, 0.1) is 13.8 Å². The molecule has 0 unspecified atom stereocenters. The predicted octanol–water partition coefficient (Wildman–Crippen LogP) is 4.64. The van der Waals surface area contributed by atoms with Gasteiger partial charge in [0.2, 0.25) is 0 Å². The number of benzene rings is 2. The molecule has 0 heterocycles. The molecule has 19 heavy (non-hydrogen) atoms. The van der Waals surface area contributed by atoms with Crippen molar-refractivity contribution in [3.05, 3.63) is 61.5 Å². The first-order valence-electron chi connectivity index (χ1n) is 5.77. The second-order valence-corrected chi connectivity index (χ2v) is 6.16. The number of rotatable bonds is 2. The van der Waals surface area contributed by atoms with Crippen molar-refractivity contribution < 1.29 is 4.79 Å². The molecule has 0 amide bonds. The van der Waals surface area contributed by atoms with Gasteiger partial charge in [-0.25, -0.2) is 0 Å². The molecule has 0 saturated heterocycles. The van der Waals surface area contributed by atoms with Crippen molar-refractivity contribution in [1.82, 2.24) is 0 Å². The molecule has 2 nitrogen and oxygen atoms in total. The highest BCUT2D eigenvalue weighted by Crippen LogP contribution is 2.29. The van der Waals surface area contributed by atoms with Crippen LogP contribution in [0.4, 0.5) is 5.69 Å². The molecule has 4 heteroatoms. The Balaban J connectivity index is 2.56. The topological polar surface area (TPSA) is 43.1 Å². The van der Waals surface area contributed by atoms with E-state index in [0.717, 1.165) is 20.1 Å². The second-order valence-electron chi connectivity index (χ2n) is 4.45. The van der Waals surface area contributed by atoms with Crippen LogP contribution in [0.25, 0.3) is 0 Å². The molecule has 0 aromatic heterocycles. The highest BCUT2D eigenvalue weighted by atomic mass is 79.9. The normalized spacial score (nSPS) is 10.5. The zero-order valence-corrected chi connectivity index (χ0v) is 13.8. The molecule has 2 rings (SSSR count). The summed E-state index contributed by atoms with van der Waals surface area (Å²) >= 11 is 6.89. The Morgan fingerprint density at radius 1 is 1.00 bits per heavy atom. The molecule has 2 aromatic carbocycles. The average Bonchev–Trinajstić information content (AvgIpc) is 2.36. The van der Waals surface area contributed by atoms with E-state index < -0.39 is 0 Å². The molecular weight excluding hydrogens is 370 g/mol. The number of hydrogen-bond acceptors (Lipinski definition) is 2. The van der Waals surface area contributed by atoms with Gasteiger partial charge in [0.1, 0.15) is 0 Å². The minimum absolute atomic E-state index is 0.0752. The Labute approximate surface area is 129 Å². The number of ketones is 1. The van der Waals surface area contributed by atoms with Crippen molar-refractivity contribution in [1.29, 1.82) is 0 Å². The molecule has 0 spiro atoms. The summed E-state index contributed by atoms with van der Waals surface area (Å²) in [7, 11) is 0. The third kappa shape index (κ3) is 2.74. The predicted molar refractivity (Wildman–Crippen MR) is 85.6 cm³/mol. The van der Waals surface area contributed by atoms with Crippen molar-refractivity contribution in [2.75, 3.05) is 5.73 Å². The fraction of sp³-hybridized carbons (Fsp3) is 0.133. The van der Waals surface area contributed by atoms with Gasteiger partial charge in [-0.2, -0.15) is 0 Å². The number of carbonyl (C=O) groups is 1. The van der Waals surface area contributed by atoms with Gasteiger partial charge in [-0.3, -0.25) is 4.79 Å². The summed E-state index contributed by atoms with van der Waals surface area (Å²) in [5, 5.41) is 0. The Morgan fingerprint density at radius 3 is 2.37 bits per heavy atom. The van der Waals surface area contributed by atoms with Crippen LogP contribution < -0.4 is 5.73 Å². The first-order chi connectivity index (χ1) is 8.91. The molecule has 0 aliphatic heterocycles. The van der Waals surface area contributed by atoms with Gasteiger partial charge in [0.05, 0.1) is 0 Å². The van der Waals surface area contributed by atoms with Crippen molar-refractivity contribution in [3.63, 3.8) is 0 Å². The average molecular weight is 383 g/mol. The van der Waals surface area contributed by atoms with E-state index in [1.165, 1.54) is 0 Å². The maximum absolute atomic E-state index is 12.6. The largest absolute Gasteiger partial charge is 0.398 e. The third-order valence-corrected chi connectivity index (χ3v) is 4.57. The number of hydrogen-bond donors (Lipinski definition) is 1. The van der Waals surface area contributed by atoms with Crippen LogP contribution in [0.3, 0.4) is 0 Å². The van der Waals surface area contributed by atoms with Crippen molar-refractivity contribution in [2.24, 2.45) is 0 Å². The standard InChI is InChI=1S/C15H13Br2NO/c1-8-4-3-5-10(14(8)18)15(19)11-7-12(16)9(2)6-13(11)17/h3-7H,18H2,1-2H3. The van der Waals surface area contributed by atoms with Crippen LogP contribution >= 0.6 is 31.9 Å². The number of nitrogen functional groups attached to an aromatic ring is 1. The maximum atomic E-state index is 12.6. The van der Waals surface area contributed by atoms with Crippen molar-refractivity contribution >= 4 is 43.3 Å². The molecule has 0 radical (unpaired) electrons. The van der Waals surface area contributed by atoms with E-state index in [2.05, 4.69) is 31.9 Å². The lowest BCUT2D eigenvalue weighted by Crippen LogP contribution is -2.07. The van der Waals surface area contributed by atoms with E-state index in [9.17, 15) is 4.79 Å². The van der Waals surface area contributed by atoms with Gasteiger partial charge >= 0.3 is 0 Å². The minimum Gasteiger partial charge on any atom is -0.398 e. The summed E-state index contributed by atoms with van der Waals surface area (Å²) in [5.74, 6) is -0.0752. The maximum Gasteiger partial charge on any atom is 0.196 e. The smallest absolute Gasteiger partial charge is 0.196 e. The monoisotopic (exact) mass is 381 g/mol. The van der Waals surface area contributed by atoms with Crippen LogP contribution in [-0.4, -0.2) is 5.78 Å². The van der Waals surface area contributed by atoms with E-state index in [1.807, 2.05) is 38.1 Å². The number of para-hydroxylation sites is 1. The number of carbonyl (C=O) groups excluding carboxylic acids is 1. The van der Waals surface area contributed by atoms with E-state index in [-0.39, 0.29) is 5.78 Å². The number of nitrogens with two attached hydrogens (primary N) is 1. The van der Waals surface area contributed by atoms with E-state index in [4.69, 9.17) is 5.73 Å². The third-order valence-electron chi connectivity index (χ3n) is 3.06. The van der Waals surface area contributed by atoms with Gasteiger partial charge in [-0.1, -0.05) is 44.0 Å². The SMILES string of the molecule is Cc1cc(Br)c(C(=O)c2cccc(C)c2N)cc1Br. The number of halogens is 2. The van der Waals surface area contributed by atoms with Crippen LogP contribution in [0.1, 0.15) is 27.0 Å². The van der Waals surface area contributed by atoms with Gasteiger partial charge < -0.3 is 5.73 Å². The summed E-state index contributed by atoms with van der Waals surface area (Å²) in [6.45, 7) is 3.87. The first kappa shape index (κ1) is 14.3. The molecule has 0 aliphatic rings. The summed E-state index contributed by atoms with van der Waals surface area (Å²) in [4.78, 5) is 12.6. The van der Waals surface area contributed by atoms with E-state index >= 15 is 0 Å². The van der Waals surface area contributed by atoms with E-state index in [1.54, 1.807) is 6.07 Å². The van der Waals surface area contributed by atoms with Gasteiger partial charge in [-0.15, -0.1) is 0 Å². The molecule has 0 fully saturated rings. The van der Waals surface area contributed by atoms with Gasteiger partial charge in [0.15, 0.2) is 5.78 Å². The lowest BCUT2D eigenvalue weighted by Gasteiger charge is -2.10. The molecule has 2 N–H and O–H groups in total. The highest BCUT2D eigenvalue weighted by Gasteiger charge is 2.17. The summed E-state index contributed by atoms with van der Waals surface area (Å²) in [6.07, 6.45) is 0. The Hall–Kier alpha value is -1.13. The summed E-state index contributed by atoms with van der Waals surface area (Å²) < 4.78 is 1.68. The Kier molecular flexibility index (Phi) is 4.11. The summed E-state index contributed by atoms with van der Waals surface area (Å²) in [5.41, 5.74) is 9.65. The van der Waals surface area contributed by atoms with Crippen LogP contribution in [-0.2, 0) is 0 Å². The van der Waals surface area contributed by atoms with Gasteiger partial charge in [-0.05, 0) is 43.2 Å². The molecule has 2 aromatic rings. The minimum atomic E-state index is -0.0752. The molecule has 0 aliphatic carbocycles. The molecule has 98 valence electrons. The highest BCUT2D eigenvalue weighted by molar-refractivity contribution is 9.11. The van der Waals surface area contributed by atoms with Crippen LogP contribution in [0.2, 0.25) is 0 Å². The van der Waals surface area contributed by atoms with Crippen molar-refractivity contribution in [3.8, 4) is 0 Å². The fourth-order valence-electron chi connectivity index (χ4n) is 1.84. The second kappa shape index (κ2) is 5.47. The van der Waals surface area contributed by atoms with Crippen molar-refractivity contribution in [2.45, 2.75) is 13.8 Å². The lowest BCUT2D eigenvalue weighted by molar-refractivity contribution is 0.103. The van der Waals surface area contributed by atoms with E-state index in [0.29, 0.717) is 16.8 Å². The van der Waals surface area contributed by atoms with Gasteiger partial charge in [0, 0.05) is 25.8 Å². The molecule has 0 bridgehead atoms. The molecule has 0 saturated carbocycles. The van der Waals surface area contributed by atoms with Gasteiger partial charge in [0.25, 0.3) is 0 Å². The van der Waals surface area contributed by atoms with Crippen LogP contribution in [0.15, 0.2) is 39.3 Å².